The third-order valence-corrected chi connectivity index (χ3v) is 5.50. The first kappa shape index (κ1) is 21.6. The molecule has 30 heavy (non-hydrogen) atoms. The van der Waals surface area contributed by atoms with Gasteiger partial charge in [0.15, 0.2) is 5.82 Å². The van der Waals surface area contributed by atoms with Crippen molar-refractivity contribution in [1.82, 2.24) is 10.5 Å². The van der Waals surface area contributed by atoms with Gasteiger partial charge in [0.25, 0.3) is 0 Å². The lowest BCUT2D eigenvalue weighted by Crippen LogP contribution is -2.38. The predicted molar refractivity (Wildman–Crippen MR) is 120 cm³/mol. The van der Waals surface area contributed by atoms with Crippen LogP contribution in [-0.4, -0.2) is 34.5 Å². The van der Waals surface area contributed by atoms with E-state index in [1.807, 2.05) is 43.3 Å². The van der Waals surface area contributed by atoms with Crippen molar-refractivity contribution >= 4 is 29.4 Å². The molecule has 0 radical (unpaired) electrons. The van der Waals surface area contributed by atoms with E-state index < -0.39 is 0 Å². The molecule has 7 heteroatoms. The SMILES string of the molecule is Cc1cc(NC(=O)CSCC(=O)NC(C)C(c2ccccc2)c2ccccc2)no1. The minimum absolute atomic E-state index is 0.0417. The Kier molecular flexibility index (Phi) is 7.68. The number of nitrogens with zero attached hydrogens (tertiary/aromatic N) is 1. The van der Waals surface area contributed by atoms with Crippen molar-refractivity contribution in [2.24, 2.45) is 0 Å². The van der Waals surface area contributed by atoms with Crippen LogP contribution in [0.25, 0.3) is 0 Å². The quantitative estimate of drug-likeness (QED) is 0.544. The molecule has 2 N–H and O–H groups in total. The van der Waals surface area contributed by atoms with Gasteiger partial charge in [-0.15, -0.1) is 11.8 Å². The van der Waals surface area contributed by atoms with Gasteiger partial charge < -0.3 is 15.2 Å². The molecule has 2 amide bonds. The lowest BCUT2D eigenvalue weighted by Gasteiger charge is -2.26. The molecule has 0 aliphatic heterocycles. The molecule has 0 saturated carbocycles. The van der Waals surface area contributed by atoms with E-state index >= 15 is 0 Å². The van der Waals surface area contributed by atoms with Gasteiger partial charge in [0, 0.05) is 18.0 Å². The van der Waals surface area contributed by atoms with Gasteiger partial charge in [-0.1, -0.05) is 65.8 Å². The molecule has 3 aromatic rings. The number of anilines is 1. The van der Waals surface area contributed by atoms with E-state index in [1.165, 1.54) is 11.8 Å². The van der Waals surface area contributed by atoms with Crippen molar-refractivity contribution < 1.29 is 14.1 Å². The van der Waals surface area contributed by atoms with Gasteiger partial charge in [0.05, 0.1) is 11.5 Å². The van der Waals surface area contributed by atoms with Gasteiger partial charge >= 0.3 is 0 Å². The number of nitrogens with one attached hydrogen (secondary N) is 2. The summed E-state index contributed by atoms with van der Waals surface area (Å²) in [4.78, 5) is 24.4. The number of amides is 2. The molecule has 0 bridgehead atoms. The number of hydrogen-bond acceptors (Lipinski definition) is 5. The summed E-state index contributed by atoms with van der Waals surface area (Å²) in [5.74, 6) is 1.08. The summed E-state index contributed by atoms with van der Waals surface area (Å²) >= 11 is 1.26. The van der Waals surface area contributed by atoms with Crippen molar-refractivity contribution in [2.45, 2.75) is 25.8 Å². The second-order valence-electron chi connectivity index (χ2n) is 7.02. The molecule has 0 spiro atoms. The Labute approximate surface area is 180 Å². The first-order chi connectivity index (χ1) is 14.5. The van der Waals surface area contributed by atoms with Gasteiger partial charge in [0.1, 0.15) is 5.76 Å². The van der Waals surface area contributed by atoms with E-state index in [0.717, 1.165) is 11.1 Å². The summed E-state index contributed by atoms with van der Waals surface area (Å²) in [6.45, 7) is 3.76. The number of rotatable bonds is 9. The molecule has 2 aromatic carbocycles. The van der Waals surface area contributed by atoms with E-state index in [-0.39, 0.29) is 35.3 Å². The van der Waals surface area contributed by atoms with Gasteiger partial charge in [-0.25, -0.2) is 0 Å². The minimum Gasteiger partial charge on any atom is -0.360 e. The van der Waals surface area contributed by atoms with Crippen LogP contribution in [0.15, 0.2) is 71.3 Å². The van der Waals surface area contributed by atoms with Crippen molar-refractivity contribution in [3.8, 4) is 0 Å². The Morgan fingerprint density at radius 2 is 1.53 bits per heavy atom. The summed E-state index contributed by atoms with van der Waals surface area (Å²) in [6.07, 6.45) is 0. The van der Waals surface area contributed by atoms with E-state index in [4.69, 9.17) is 4.52 Å². The molecule has 1 atom stereocenters. The maximum atomic E-state index is 12.5. The van der Waals surface area contributed by atoms with Crippen molar-refractivity contribution in [1.29, 1.82) is 0 Å². The van der Waals surface area contributed by atoms with Crippen LogP contribution in [0.4, 0.5) is 5.82 Å². The van der Waals surface area contributed by atoms with Crippen LogP contribution < -0.4 is 10.6 Å². The molecular weight excluding hydrogens is 398 g/mol. The summed E-state index contributed by atoms with van der Waals surface area (Å²) in [7, 11) is 0. The number of aromatic nitrogens is 1. The highest BCUT2D eigenvalue weighted by Gasteiger charge is 2.22. The molecule has 0 fully saturated rings. The molecule has 3 rings (SSSR count). The smallest absolute Gasteiger partial charge is 0.235 e. The maximum absolute atomic E-state index is 12.5. The van der Waals surface area contributed by atoms with Crippen LogP contribution in [0.2, 0.25) is 0 Å². The van der Waals surface area contributed by atoms with Crippen LogP contribution >= 0.6 is 11.8 Å². The van der Waals surface area contributed by atoms with Crippen LogP contribution in [0, 0.1) is 6.92 Å². The fourth-order valence-electron chi connectivity index (χ4n) is 3.31. The largest absolute Gasteiger partial charge is 0.360 e. The number of hydrogen-bond donors (Lipinski definition) is 2. The standard InChI is InChI=1S/C23H25N3O3S/c1-16-13-20(26-29-16)25-22(28)15-30-14-21(27)24-17(2)23(18-9-5-3-6-10-18)19-11-7-4-8-12-19/h3-13,17,23H,14-15H2,1-2H3,(H,24,27)(H,25,26,28). The van der Waals surface area contributed by atoms with E-state index in [0.29, 0.717) is 11.6 Å². The molecule has 1 unspecified atom stereocenters. The second kappa shape index (κ2) is 10.6. The topological polar surface area (TPSA) is 84.2 Å². The third-order valence-electron chi connectivity index (χ3n) is 4.57. The highest BCUT2D eigenvalue weighted by molar-refractivity contribution is 8.00. The van der Waals surface area contributed by atoms with Gasteiger partial charge in [0.2, 0.25) is 11.8 Å². The zero-order valence-corrected chi connectivity index (χ0v) is 17.8. The number of carbonyl (C=O) groups excluding carboxylic acids is 2. The summed E-state index contributed by atoms with van der Waals surface area (Å²) in [5.41, 5.74) is 2.29. The lowest BCUT2D eigenvalue weighted by atomic mass is 9.86. The van der Waals surface area contributed by atoms with E-state index in [1.54, 1.807) is 13.0 Å². The first-order valence-electron chi connectivity index (χ1n) is 9.73. The van der Waals surface area contributed by atoms with Gasteiger partial charge in [-0.3, -0.25) is 9.59 Å². The molecular formula is C23H25N3O3S. The normalized spacial score (nSPS) is 11.8. The minimum atomic E-state index is -0.222. The Bertz CT molecular complexity index is 921. The van der Waals surface area contributed by atoms with Crippen LogP contribution in [-0.2, 0) is 9.59 Å². The molecule has 1 aromatic heterocycles. The third kappa shape index (κ3) is 6.22. The van der Waals surface area contributed by atoms with Gasteiger partial charge in [-0.2, -0.15) is 0 Å². The second-order valence-corrected chi connectivity index (χ2v) is 8.00. The van der Waals surface area contributed by atoms with Crippen LogP contribution in [0.5, 0.6) is 0 Å². The summed E-state index contributed by atoms with van der Waals surface area (Å²) in [5, 5.41) is 9.45. The predicted octanol–water partition coefficient (Wildman–Crippen LogP) is 3.99. The highest BCUT2D eigenvalue weighted by atomic mass is 32.2. The number of carbonyl (C=O) groups is 2. The summed E-state index contributed by atoms with van der Waals surface area (Å²) in [6, 6.07) is 21.8. The Hall–Kier alpha value is -3.06. The van der Waals surface area contributed by atoms with Crippen LogP contribution in [0.3, 0.4) is 0 Å². The first-order valence-corrected chi connectivity index (χ1v) is 10.9. The fourth-order valence-corrected chi connectivity index (χ4v) is 3.94. The highest BCUT2D eigenvalue weighted by Crippen LogP contribution is 2.28. The zero-order chi connectivity index (χ0) is 21.3. The number of benzene rings is 2. The molecule has 0 saturated heterocycles. The van der Waals surface area contributed by atoms with Crippen molar-refractivity contribution in [3.05, 3.63) is 83.6 Å². The van der Waals surface area contributed by atoms with Crippen LogP contribution in [0.1, 0.15) is 29.7 Å². The molecule has 6 nitrogen and oxygen atoms in total. The number of aryl methyl sites for hydroxylation is 1. The Balaban J connectivity index is 1.53. The monoisotopic (exact) mass is 423 g/mol. The average molecular weight is 424 g/mol. The van der Waals surface area contributed by atoms with Crippen molar-refractivity contribution in [2.75, 3.05) is 16.8 Å². The average Bonchev–Trinajstić information content (AvgIpc) is 3.14. The lowest BCUT2D eigenvalue weighted by molar-refractivity contribution is -0.119. The number of thioether (sulfide) groups is 1. The Morgan fingerprint density at radius 3 is 2.07 bits per heavy atom. The fraction of sp³-hybridized carbons (Fsp3) is 0.261. The van der Waals surface area contributed by atoms with E-state index in [9.17, 15) is 9.59 Å². The van der Waals surface area contributed by atoms with Crippen molar-refractivity contribution in [3.63, 3.8) is 0 Å². The summed E-state index contributed by atoms with van der Waals surface area (Å²) < 4.78 is 4.91. The van der Waals surface area contributed by atoms with E-state index in [2.05, 4.69) is 40.1 Å². The zero-order valence-electron chi connectivity index (χ0n) is 17.0. The maximum Gasteiger partial charge on any atom is 0.235 e. The molecule has 1 heterocycles. The van der Waals surface area contributed by atoms with Gasteiger partial charge in [-0.05, 0) is 25.0 Å². The Morgan fingerprint density at radius 1 is 0.967 bits per heavy atom. The molecule has 0 aliphatic carbocycles. The molecule has 156 valence electrons. The molecule has 0 aliphatic rings.